The highest BCUT2D eigenvalue weighted by atomic mass is 32.1. The molecule has 132 valence electrons. The van der Waals surface area contributed by atoms with E-state index in [0.717, 1.165) is 11.3 Å². The summed E-state index contributed by atoms with van der Waals surface area (Å²) in [4.78, 5) is 24.2. The largest absolute Gasteiger partial charge is 0.331 e. The maximum absolute atomic E-state index is 12.4. The number of hydrogen-bond acceptors (Lipinski definition) is 4. The minimum atomic E-state index is -0.512. The van der Waals surface area contributed by atoms with Gasteiger partial charge in [0.05, 0.1) is 5.39 Å². The molecule has 0 unspecified atom stereocenters. The number of carbonyl (C=O) groups excluding carboxylic acids is 1. The Labute approximate surface area is 154 Å². The van der Waals surface area contributed by atoms with E-state index < -0.39 is 5.91 Å². The summed E-state index contributed by atoms with van der Waals surface area (Å²) in [5, 5.41) is 10.2. The van der Waals surface area contributed by atoms with Crippen LogP contribution >= 0.6 is 12.2 Å². The van der Waals surface area contributed by atoms with Gasteiger partial charge in [-0.15, -0.1) is 0 Å². The van der Waals surface area contributed by atoms with Crippen LogP contribution in [0.15, 0.2) is 47.3 Å². The van der Waals surface area contributed by atoms with E-state index in [0.29, 0.717) is 10.8 Å². The molecule has 0 aliphatic rings. The number of aryl methyl sites for hydroxylation is 2. The van der Waals surface area contributed by atoms with E-state index >= 15 is 0 Å². The van der Waals surface area contributed by atoms with Gasteiger partial charge in [0.15, 0.2) is 10.8 Å². The summed E-state index contributed by atoms with van der Waals surface area (Å²) in [6.07, 6.45) is 0. The predicted molar refractivity (Wildman–Crippen MR) is 105 cm³/mol. The fraction of sp³-hybridized carbons (Fsp3) is 0.111. The molecule has 8 heteroatoms. The number of benzene rings is 2. The van der Waals surface area contributed by atoms with Gasteiger partial charge in [0.25, 0.3) is 11.5 Å². The number of hydrazine groups is 1. The molecule has 2 aromatic carbocycles. The van der Waals surface area contributed by atoms with Crippen molar-refractivity contribution in [3.63, 3.8) is 0 Å². The fourth-order valence-electron chi connectivity index (χ4n) is 2.44. The molecule has 0 saturated heterocycles. The van der Waals surface area contributed by atoms with Crippen LogP contribution in [0.25, 0.3) is 10.8 Å². The zero-order chi connectivity index (χ0) is 18.7. The lowest BCUT2D eigenvalue weighted by Crippen LogP contribution is -2.44. The van der Waals surface area contributed by atoms with Crippen LogP contribution in [-0.2, 0) is 0 Å². The first-order valence-corrected chi connectivity index (χ1v) is 8.28. The number of H-pyrrole nitrogens is 1. The summed E-state index contributed by atoms with van der Waals surface area (Å²) in [5.74, 6) is -0.512. The van der Waals surface area contributed by atoms with Crippen LogP contribution < -0.4 is 21.7 Å². The lowest BCUT2D eigenvalue weighted by Gasteiger charge is -2.13. The molecule has 3 rings (SSSR count). The molecular formula is C18H17N5O2S. The number of aromatic nitrogens is 2. The van der Waals surface area contributed by atoms with E-state index in [4.69, 9.17) is 12.2 Å². The molecule has 0 spiro atoms. The van der Waals surface area contributed by atoms with E-state index in [1.165, 1.54) is 5.56 Å². The van der Waals surface area contributed by atoms with E-state index in [9.17, 15) is 9.59 Å². The van der Waals surface area contributed by atoms with Gasteiger partial charge >= 0.3 is 0 Å². The van der Waals surface area contributed by atoms with Crippen LogP contribution in [0.4, 0.5) is 5.69 Å². The van der Waals surface area contributed by atoms with Gasteiger partial charge in [0, 0.05) is 11.1 Å². The Kier molecular flexibility index (Phi) is 4.94. The first-order valence-electron chi connectivity index (χ1n) is 7.87. The van der Waals surface area contributed by atoms with Crippen molar-refractivity contribution in [1.29, 1.82) is 0 Å². The third kappa shape index (κ3) is 3.70. The Morgan fingerprint density at radius 1 is 1.04 bits per heavy atom. The summed E-state index contributed by atoms with van der Waals surface area (Å²) in [5.41, 5.74) is 7.98. The van der Waals surface area contributed by atoms with Gasteiger partial charge in [-0.3, -0.25) is 20.4 Å². The van der Waals surface area contributed by atoms with Crippen molar-refractivity contribution in [2.24, 2.45) is 0 Å². The van der Waals surface area contributed by atoms with Crippen LogP contribution in [0.1, 0.15) is 21.6 Å². The Balaban J connectivity index is 1.69. The lowest BCUT2D eigenvalue weighted by atomic mass is 10.1. The van der Waals surface area contributed by atoms with Crippen molar-refractivity contribution in [3.8, 4) is 0 Å². The van der Waals surface area contributed by atoms with Crippen molar-refractivity contribution >= 4 is 39.7 Å². The molecule has 1 amide bonds. The Morgan fingerprint density at radius 2 is 1.77 bits per heavy atom. The summed E-state index contributed by atoms with van der Waals surface area (Å²) in [7, 11) is 0. The van der Waals surface area contributed by atoms with Gasteiger partial charge in [-0.05, 0) is 55.4 Å². The lowest BCUT2D eigenvalue weighted by molar-refractivity contribution is 0.0940. The molecule has 1 aromatic heterocycles. The van der Waals surface area contributed by atoms with Gasteiger partial charge in [0.2, 0.25) is 0 Å². The summed E-state index contributed by atoms with van der Waals surface area (Å²) >= 11 is 5.18. The van der Waals surface area contributed by atoms with Gasteiger partial charge in [-0.2, -0.15) is 5.10 Å². The number of aromatic amines is 1. The number of nitrogens with one attached hydrogen (secondary N) is 4. The van der Waals surface area contributed by atoms with Crippen LogP contribution in [-0.4, -0.2) is 21.2 Å². The van der Waals surface area contributed by atoms with Gasteiger partial charge < -0.3 is 5.32 Å². The molecule has 0 atom stereocenters. The smallest absolute Gasteiger partial charge is 0.290 e. The van der Waals surface area contributed by atoms with E-state index in [2.05, 4.69) is 26.4 Å². The third-order valence-corrected chi connectivity index (χ3v) is 4.17. The monoisotopic (exact) mass is 367 g/mol. The molecule has 0 radical (unpaired) electrons. The summed E-state index contributed by atoms with van der Waals surface area (Å²) < 4.78 is 0. The van der Waals surface area contributed by atoms with Crippen LogP contribution in [0.5, 0.6) is 0 Å². The number of anilines is 1. The first-order chi connectivity index (χ1) is 12.5. The molecular weight excluding hydrogens is 350 g/mol. The second kappa shape index (κ2) is 7.32. The number of nitrogens with zero attached hydrogens (tertiary/aromatic N) is 1. The van der Waals surface area contributed by atoms with Crippen molar-refractivity contribution in [3.05, 3.63) is 69.6 Å². The van der Waals surface area contributed by atoms with E-state index in [1.54, 1.807) is 24.3 Å². The SMILES string of the molecule is Cc1ccc(NC(=S)NNC(=O)c2n[nH]c(=O)c3ccccc23)cc1C. The minimum absolute atomic E-state index is 0.0988. The number of amides is 1. The minimum Gasteiger partial charge on any atom is -0.331 e. The Bertz CT molecular complexity index is 1060. The third-order valence-electron chi connectivity index (χ3n) is 3.97. The zero-order valence-electron chi connectivity index (χ0n) is 14.2. The highest BCUT2D eigenvalue weighted by molar-refractivity contribution is 7.80. The van der Waals surface area contributed by atoms with Crippen LogP contribution in [0, 0.1) is 13.8 Å². The number of thiocarbonyl (C=S) groups is 1. The standard InChI is InChI=1S/C18H17N5O2S/c1-10-7-8-12(9-11(10)2)19-18(26)23-22-17(25)15-13-5-3-4-6-14(13)16(24)21-20-15/h3-9H,1-2H3,(H,21,24)(H,22,25)(H2,19,23,26). The van der Waals surface area contributed by atoms with Crippen molar-refractivity contribution in [2.45, 2.75) is 13.8 Å². The molecule has 26 heavy (non-hydrogen) atoms. The molecule has 1 heterocycles. The average Bonchev–Trinajstić information content (AvgIpc) is 2.63. The molecule has 0 bridgehead atoms. The van der Waals surface area contributed by atoms with E-state index in [1.807, 2.05) is 32.0 Å². The molecule has 0 saturated carbocycles. The van der Waals surface area contributed by atoms with Crippen LogP contribution in [0.3, 0.4) is 0 Å². The molecule has 7 nitrogen and oxygen atoms in total. The Morgan fingerprint density at radius 3 is 2.50 bits per heavy atom. The van der Waals surface area contributed by atoms with Crippen LogP contribution in [0.2, 0.25) is 0 Å². The number of hydrogen-bond donors (Lipinski definition) is 4. The molecule has 0 aliphatic heterocycles. The van der Waals surface area contributed by atoms with Gasteiger partial charge in [-0.1, -0.05) is 24.3 Å². The second-order valence-corrected chi connectivity index (χ2v) is 6.19. The molecule has 0 aliphatic carbocycles. The normalized spacial score (nSPS) is 10.4. The van der Waals surface area contributed by atoms with Gasteiger partial charge in [-0.25, -0.2) is 5.10 Å². The quantitative estimate of drug-likeness (QED) is 0.409. The van der Waals surface area contributed by atoms with Crippen molar-refractivity contribution in [1.82, 2.24) is 21.0 Å². The number of fused-ring (bicyclic) bond motifs is 1. The zero-order valence-corrected chi connectivity index (χ0v) is 15.0. The number of carbonyl (C=O) groups is 1. The highest BCUT2D eigenvalue weighted by Gasteiger charge is 2.14. The van der Waals surface area contributed by atoms with Crippen molar-refractivity contribution in [2.75, 3.05) is 5.32 Å². The second-order valence-electron chi connectivity index (χ2n) is 5.78. The number of rotatable bonds is 2. The predicted octanol–water partition coefficient (Wildman–Crippen LogP) is 2.17. The average molecular weight is 367 g/mol. The molecule has 0 fully saturated rings. The molecule has 3 aromatic rings. The Hall–Kier alpha value is -3.26. The van der Waals surface area contributed by atoms with Crippen molar-refractivity contribution < 1.29 is 4.79 Å². The van der Waals surface area contributed by atoms with Gasteiger partial charge in [0.1, 0.15) is 0 Å². The summed E-state index contributed by atoms with van der Waals surface area (Å²) in [6, 6.07) is 12.6. The topological polar surface area (TPSA) is 98.9 Å². The fourth-order valence-corrected chi connectivity index (χ4v) is 2.61. The molecule has 4 N–H and O–H groups in total. The summed E-state index contributed by atoms with van der Waals surface area (Å²) in [6.45, 7) is 4.03. The highest BCUT2D eigenvalue weighted by Crippen LogP contribution is 2.14. The first kappa shape index (κ1) is 17.6. The van der Waals surface area contributed by atoms with E-state index in [-0.39, 0.29) is 16.4 Å². The maximum Gasteiger partial charge on any atom is 0.290 e. The maximum atomic E-state index is 12.4.